The van der Waals surface area contributed by atoms with Crippen LogP contribution in [0.25, 0.3) is 10.9 Å². The van der Waals surface area contributed by atoms with Gasteiger partial charge in [0.15, 0.2) is 0 Å². The van der Waals surface area contributed by atoms with Crippen molar-refractivity contribution in [3.8, 4) is 0 Å². The van der Waals surface area contributed by atoms with Crippen molar-refractivity contribution in [3.63, 3.8) is 0 Å². The third-order valence-electron chi connectivity index (χ3n) is 7.73. The zero-order valence-corrected chi connectivity index (χ0v) is 22.6. The number of esters is 1. The first-order chi connectivity index (χ1) is 19.4. The van der Waals surface area contributed by atoms with E-state index in [0.29, 0.717) is 39.1 Å². The Morgan fingerprint density at radius 3 is 2.33 bits per heavy atom. The molecule has 1 aliphatic rings. The molecule has 1 amide bonds. The van der Waals surface area contributed by atoms with E-state index in [1.54, 1.807) is 19.1 Å². The zero-order valence-electron chi connectivity index (χ0n) is 22.6. The SMILES string of the molecule is CCOC(=O)C1CCN(C(=O)C[C@H](c2ccccc2)c2cn(Cc3ccccc3)c3ccc([N+](=O)[O-])cc23)CC1. The molecular formula is C32H33N3O5. The normalized spacial score (nSPS) is 14.7. The molecule has 40 heavy (non-hydrogen) atoms. The summed E-state index contributed by atoms with van der Waals surface area (Å²) >= 11 is 0. The van der Waals surface area contributed by atoms with Crippen molar-refractivity contribution < 1.29 is 19.2 Å². The lowest BCUT2D eigenvalue weighted by molar-refractivity contribution is -0.384. The van der Waals surface area contributed by atoms with E-state index in [0.717, 1.165) is 27.6 Å². The molecule has 0 aliphatic carbocycles. The Kier molecular flexibility index (Phi) is 8.24. The van der Waals surface area contributed by atoms with E-state index in [9.17, 15) is 19.7 Å². The van der Waals surface area contributed by atoms with Crippen LogP contribution in [0.1, 0.15) is 48.8 Å². The molecule has 3 aromatic carbocycles. The third kappa shape index (κ3) is 5.91. The summed E-state index contributed by atoms with van der Waals surface area (Å²) in [7, 11) is 0. The molecule has 2 heterocycles. The average molecular weight is 540 g/mol. The molecule has 1 saturated heterocycles. The number of nitrogens with zero attached hydrogens (tertiary/aromatic N) is 3. The smallest absolute Gasteiger partial charge is 0.309 e. The number of carbonyl (C=O) groups excluding carboxylic acids is 2. The Bertz CT molecular complexity index is 1490. The third-order valence-corrected chi connectivity index (χ3v) is 7.73. The highest BCUT2D eigenvalue weighted by Crippen LogP contribution is 2.37. The maximum absolute atomic E-state index is 13.7. The summed E-state index contributed by atoms with van der Waals surface area (Å²) in [5, 5.41) is 12.5. The van der Waals surface area contributed by atoms with Gasteiger partial charge in [0.05, 0.1) is 17.4 Å². The second-order valence-corrected chi connectivity index (χ2v) is 10.2. The average Bonchev–Trinajstić information content (AvgIpc) is 3.34. The molecule has 4 aromatic rings. The Morgan fingerprint density at radius 1 is 1.00 bits per heavy atom. The summed E-state index contributed by atoms with van der Waals surface area (Å²) in [5.74, 6) is -0.654. The second-order valence-electron chi connectivity index (χ2n) is 10.2. The topological polar surface area (TPSA) is 94.7 Å². The predicted molar refractivity (Wildman–Crippen MR) is 153 cm³/mol. The van der Waals surface area contributed by atoms with Gasteiger partial charge in [0.1, 0.15) is 0 Å². The number of likely N-dealkylation sites (tertiary alicyclic amines) is 1. The highest BCUT2D eigenvalue weighted by atomic mass is 16.6. The number of nitro benzene ring substituents is 1. The number of carbonyl (C=O) groups is 2. The van der Waals surface area contributed by atoms with Gasteiger partial charge in [0, 0.05) is 61.2 Å². The van der Waals surface area contributed by atoms with Crippen molar-refractivity contribution in [2.75, 3.05) is 19.7 Å². The van der Waals surface area contributed by atoms with Crippen molar-refractivity contribution in [1.29, 1.82) is 0 Å². The lowest BCUT2D eigenvalue weighted by atomic mass is 9.87. The summed E-state index contributed by atoms with van der Waals surface area (Å²) in [6, 6.07) is 24.8. The van der Waals surface area contributed by atoms with Crippen LogP contribution < -0.4 is 0 Å². The summed E-state index contributed by atoms with van der Waals surface area (Å²) < 4.78 is 7.28. The summed E-state index contributed by atoms with van der Waals surface area (Å²) in [6.07, 6.45) is 3.44. The number of hydrogen-bond acceptors (Lipinski definition) is 5. The number of piperidine rings is 1. The van der Waals surface area contributed by atoms with E-state index in [1.807, 2.05) is 59.6 Å². The van der Waals surface area contributed by atoms with E-state index in [-0.39, 0.29) is 40.7 Å². The quantitative estimate of drug-likeness (QED) is 0.149. The molecular weight excluding hydrogens is 506 g/mol. The summed E-state index contributed by atoms with van der Waals surface area (Å²) in [4.78, 5) is 39.0. The minimum Gasteiger partial charge on any atom is -0.466 e. The van der Waals surface area contributed by atoms with Crippen LogP contribution in [-0.2, 0) is 20.9 Å². The fraction of sp³-hybridized carbons (Fsp3) is 0.312. The van der Waals surface area contributed by atoms with Gasteiger partial charge in [-0.05, 0) is 42.5 Å². The maximum atomic E-state index is 13.7. The van der Waals surface area contributed by atoms with Gasteiger partial charge in [0.25, 0.3) is 5.69 Å². The molecule has 1 aliphatic heterocycles. The van der Waals surface area contributed by atoms with Crippen molar-refractivity contribution >= 4 is 28.5 Å². The van der Waals surface area contributed by atoms with Gasteiger partial charge < -0.3 is 14.2 Å². The molecule has 0 bridgehead atoms. The van der Waals surface area contributed by atoms with Gasteiger partial charge in [-0.1, -0.05) is 60.7 Å². The lowest BCUT2D eigenvalue weighted by Crippen LogP contribution is -2.41. The number of nitro groups is 1. The van der Waals surface area contributed by atoms with Crippen LogP contribution in [0.15, 0.2) is 85.1 Å². The fourth-order valence-electron chi connectivity index (χ4n) is 5.64. The van der Waals surface area contributed by atoms with Crippen LogP contribution in [0.2, 0.25) is 0 Å². The molecule has 5 rings (SSSR count). The van der Waals surface area contributed by atoms with Gasteiger partial charge in [-0.25, -0.2) is 0 Å². The molecule has 1 aromatic heterocycles. The predicted octanol–water partition coefficient (Wildman–Crippen LogP) is 5.92. The summed E-state index contributed by atoms with van der Waals surface area (Å²) in [5.41, 5.74) is 3.87. The standard InChI is InChI=1S/C32H33N3O5/c1-2-40-32(37)25-15-17-33(18-16-25)31(36)20-27(24-11-7-4-8-12-24)29-22-34(21-23-9-5-3-6-10-23)30-14-13-26(35(38)39)19-28(29)30/h3-14,19,22,25,27H,2,15-18,20-21H2,1H3/t27-/m1/s1. The number of benzene rings is 3. The number of amides is 1. The van der Waals surface area contributed by atoms with Crippen LogP contribution in [0.5, 0.6) is 0 Å². The van der Waals surface area contributed by atoms with Crippen molar-refractivity contribution in [1.82, 2.24) is 9.47 Å². The van der Waals surface area contributed by atoms with Crippen LogP contribution in [0.3, 0.4) is 0 Å². The molecule has 0 radical (unpaired) electrons. The monoisotopic (exact) mass is 539 g/mol. The molecule has 8 nitrogen and oxygen atoms in total. The lowest BCUT2D eigenvalue weighted by Gasteiger charge is -2.32. The van der Waals surface area contributed by atoms with Gasteiger partial charge in [-0.3, -0.25) is 19.7 Å². The molecule has 0 saturated carbocycles. The first-order valence-electron chi connectivity index (χ1n) is 13.7. The van der Waals surface area contributed by atoms with E-state index < -0.39 is 0 Å². The minimum absolute atomic E-state index is 0.00514. The van der Waals surface area contributed by atoms with Gasteiger partial charge in [-0.15, -0.1) is 0 Å². The minimum atomic E-state index is -0.381. The Balaban J connectivity index is 1.49. The Morgan fingerprint density at radius 2 is 1.68 bits per heavy atom. The molecule has 0 unspecified atom stereocenters. The molecule has 0 spiro atoms. The van der Waals surface area contributed by atoms with Crippen LogP contribution in [0, 0.1) is 16.0 Å². The summed E-state index contributed by atoms with van der Waals surface area (Å²) in [6.45, 7) is 3.76. The number of ether oxygens (including phenoxy) is 1. The van der Waals surface area contributed by atoms with Crippen LogP contribution in [0.4, 0.5) is 5.69 Å². The van der Waals surface area contributed by atoms with Crippen molar-refractivity contribution in [2.45, 2.75) is 38.6 Å². The fourth-order valence-corrected chi connectivity index (χ4v) is 5.64. The Hall–Kier alpha value is -4.46. The molecule has 0 N–H and O–H groups in total. The molecule has 1 atom stereocenters. The van der Waals surface area contributed by atoms with Crippen LogP contribution >= 0.6 is 0 Å². The van der Waals surface area contributed by atoms with E-state index in [1.165, 1.54) is 6.07 Å². The molecule has 206 valence electrons. The molecule has 1 fully saturated rings. The zero-order chi connectivity index (χ0) is 28.1. The first kappa shape index (κ1) is 27.1. The van der Waals surface area contributed by atoms with Gasteiger partial charge in [0.2, 0.25) is 5.91 Å². The highest BCUT2D eigenvalue weighted by molar-refractivity contribution is 5.88. The molecule has 8 heteroatoms. The van der Waals surface area contributed by atoms with Gasteiger partial charge >= 0.3 is 5.97 Å². The van der Waals surface area contributed by atoms with Crippen molar-refractivity contribution in [3.05, 3.63) is 112 Å². The number of aromatic nitrogens is 1. The van der Waals surface area contributed by atoms with E-state index >= 15 is 0 Å². The Labute approximate surface area is 233 Å². The van der Waals surface area contributed by atoms with Gasteiger partial charge in [-0.2, -0.15) is 0 Å². The van der Waals surface area contributed by atoms with Crippen LogP contribution in [-0.4, -0.2) is 46.0 Å². The number of hydrogen-bond donors (Lipinski definition) is 0. The number of fused-ring (bicyclic) bond motifs is 1. The van der Waals surface area contributed by atoms with E-state index in [2.05, 4.69) is 16.7 Å². The largest absolute Gasteiger partial charge is 0.466 e. The number of non-ortho nitro benzene ring substituents is 1. The highest BCUT2D eigenvalue weighted by Gasteiger charge is 2.31. The van der Waals surface area contributed by atoms with E-state index in [4.69, 9.17) is 4.74 Å². The maximum Gasteiger partial charge on any atom is 0.309 e. The number of rotatable bonds is 9. The second kappa shape index (κ2) is 12.2. The van der Waals surface area contributed by atoms with Crippen molar-refractivity contribution in [2.24, 2.45) is 5.92 Å². The first-order valence-corrected chi connectivity index (χ1v) is 13.7.